The van der Waals surface area contributed by atoms with Gasteiger partial charge in [0.05, 0.1) is 10.1 Å². The van der Waals surface area contributed by atoms with E-state index in [0.717, 1.165) is 12.8 Å². The van der Waals surface area contributed by atoms with Crippen molar-refractivity contribution in [2.24, 2.45) is 0 Å². The SMILES string of the molecule is CC(C)S(=O)(=O)c1ccc(C(=O)Nc2nnc(C3CCCO3)o2)cc1. The maximum atomic E-state index is 12.2. The third-order valence-corrected chi connectivity index (χ3v) is 6.10. The lowest BCUT2D eigenvalue weighted by molar-refractivity contribution is 0.0893. The zero-order valence-corrected chi connectivity index (χ0v) is 14.7. The van der Waals surface area contributed by atoms with E-state index in [4.69, 9.17) is 9.15 Å². The van der Waals surface area contributed by atoms with Crippen LogP contribution in [-0.2, 0) is 14.6 Å². The second-order valence-corrected chi connectivity index (χ2v) is 8.52. The van der Waals surface area contributed by atoms with Gasteiger partial charge in [-0.2, -0.15) is 0 Å². The van der Waals surface area contributed by atoms with Gasteiger partial charge in [-0.25, -0.2) is 8.42 Å². The molecule has 134 valence electrons. The lowest BCUT2D eigenvalue weighted by atomic mass is 10.2. The quantitative estimate of drug-likeness (QED) is 0.865. The van der Waals surface area contributed by atoms with Gasteiger partial charge in [-0.1, -0.05) is 5.10 Å². The topological polar surface area (TPSA) is 111 Å². The largest absolute Gasteiger partial charge is 0.405 e. The van der Waals surface area contributed by atoms with Crippen LogP contribution in [0.5, 0.6) is 0 Å². The minimum atomic E-state index is -3.37. The summed E-state index contributed by atoms with van der Waals surface area (Å²) in [5.41, 5.74) is 0.291. The number of rotatable bonds is 5. The first-order chi connectivity index (χ1) is 11.9. The highest BCUT2D eigenvalue weighted by Gasteiger charge is 2.24. The molecule has 1 fully saturated rings. The molecular formula is C16H19N3O5S. The summed E-state index contributed by atoms with van der Waals surface area (Å²) in [6.07, 6.45) is 1.51. The third kappa shape index (κ3) is 3.72. The third-order valence-electron chi connectivity index (χ3n) is 3.93. The molecule has 1 unspecified atom stereocenters. The van der Waals surface area contributed by atoms with E-state index >= 15 is 0 Å². The highest BCUT2D eigenvalue weighted by Crippen LogP contribution is 2.28. The van der Waals surface area contributed by atoms with E-state index in [1.807, 2.05) is 0 Å². The zero-order valence-electron chi connectivity index (χ0n) is 13.9. The minimum Gasteiger partial charge on any atom is -0.405 e. The summed E-state index contributed by atoms with van der Waals surface area (Å²) in [5, 5.41) is 9.63. The molecule has 9 heteroatoms. The molecular weight excluding hydrogens is 346 g/mol. The summed E-state index contributed by atoms with van der Waals surface area (Å²) < 4.78 is 35.0. The predicted molar refractivity (Wildman–Crippen MR) is 88.9 cm³/mol. The van der Waals surface area contributed by atoms with Gasteiger partial charge in [0.25, 0.3) is 5.91 Å². The number of anilines is 1. The number of ether oxygens (including phenoxy) is 1. The van der Waals surface area contributed by atoms with Crippen molar-refractivity contribution in [2.45, 2.75) is 42.9 Å². The Balaban J connectivity index is 1.69. The molecule has 0 bridgehead atoms. The van der Waals surface area contributed by atoms with Gasteiger partial charge in [-0.3, -0.25) is 10.1 Å². The monoisotopic (exact) mass is 365 g/mol. The van der Waals surface area contributed by atoms with Gasteiger partial charge < -0.3 is 9.15 Å². The number of benzene rings is 1. The smallest absolute Gasteiger partial charge is 0.322 e. The Morgan fingerprint density at radius 1 is 1.24 bits per heavy atom. The molecule has 1 N–H and O–H groups in total. The fourth-order valence-corrected chi connectivity index (χ4v) is 3.48. The molecule has 0 saturated carbocycles. The van der Waals surface area contributed by atoms with Crippen LogP contribution >= 0.6 is 0 Å². The molecule has 2 aromatic rings. The van der Waals surface area contributed by atoms with E-state index < -0.39 is 21.0 Å². The van der Waals surface area contributed by atoms with E-state index in [-0.39, 0.29) is 17.0 Å². The van der Waals surface area contributed by atoms with Gasteiger partial charge in [-0.05, 0) is 51.0 Å². The maximum Gasteiger partial charge on any atom is 0.322 e. The number of hydrogen-bond acceptors (Lipinski definition) is 7. The summed E-state index contributed by atoms with van der Waals surface area (Å²) in [6, 6.07) is 5.70. The van der Waals surface area contributed by atoms with Gasteiger partial charge in [0, 0.05) is 12.2 Å². The first-order valence-corrected chi connectivity index (χ1v) is 9.53. The van der Waals surface area contributed by atoms with Crippen molar-refractivity contribution in [2.75, 3.05) is 11.9 Å². The Kier molecular flexibility index (Phi) is 4.87. The summed E-state index contributed by atoms with van der Waals surface area (Å²) >= 11 is 0. The van der Waals surface area contributed by atoms with Gasteiger partial charge in [0.1, 0.15) is 6.10 Å². The Morgan fingerprint density at radius 2 is 1.96 bits per heavy atom. The van der Waals surface area contributed by atoms with Crippen LogP contribution < -0.4 is 5.32 Å². The molecule has 0 aliphatic carbocycles. The molecule has 2 heterocycles. The average Bonchev–Trinajstić information content (AvgIpc) is 3.26. The van der Waals surface area contributed by atoms with Crippen LogP contribution in [0, 0.1) is 0 Å². The van der Waals surface area contributed by atoms with Crippen LogP contribution in [0.15, 0.2) is 33.6 Å². The molecule has 0 spiro atoms. The molecule has 0 radical (unpaired) electrons. The van der Waals surface area contributed by atoms with Crippen molar-refractivity contribution in [3.8, 4) is 0 Å². The summed E-state index contributed by atoms with van der Waals surface area (Å²) in [5.74, 6) is -0.123. The lowest BCUT2D eigenvalue weighted by Crippen LogP contribution is -2.15. The summed E-state index contributed by atoms with van der Waals surface area (Å²) in [6.45, 7) is 3.87. The van der Waals surface area contributed by atoms with Crippen molar-refractivity contribution in [1.29, 1.82) is 0 Å². The van der Waals surface area contributed by atoms with Crippen molar-refractivity contribution in [1.82, 2.24) is 10.2 Å². The average molecular weight is 365 g/mol. The highest BCUT2D eigenvalue weighted by molar-refractivity contribution is 7.92. The Bertz CT molecular complexity index is 852. The number of carbonyl (C=O) groups is 1. The minimum absolute atomic E-state index is 0.0191. The molecule has 1 aliphatic heterocycles. The first kappa shape index (κ1) is 17.6. The second-order valence-electron chi connectivity index (χ2n) is 6.02. The first-order valence-electron chi connectivity index (χ1n) is 7.98. The summed E-state index contributed by atoms with van der Waals surface area (Å²) in [4.78, 5) is 12.4. The van der Waals surface area contributed by atoms with Gasteiger partial charge in [0.2, 0.25) is 5.89 Å². The molecule has 8 nitrogen and oxygen atoms in total. The molecule has 1 aromatic carbocycles. The fourth-order valence-electron chi connectivity index (χ4n) is 2.43. The van der Waals surface area contributed by atoms with E-state index in [0.29, 0.717) is 18.1 Å². The number of hydrogen-bond donors (Lipinski definition) is 1. The van der Waals surface area contributed by atoms with E-state index in [1.54, 1.807) is 13.8 Å². The Morgan fingerprint density at radius 3 is 2.56 bits per heavy atom. The molecule has 1 aromatic heterocycles. The van der Waals surface area contributed by atoms with Crippen molar-refractivity contribution in [3.63, 3.8) is 0 Å². The van der Waals surface area contributed by atoms with Gasteiger partial charge >= 0.3 is 6.01 Å². The van der Waals surface area contributed by atoms with E-state index in [2.05, 4.69) is 15.5 Å². The van der Waals surface area contributed by atoms with Crippen LogP contribution in [0.3, 0.4) is 0 Å². The number of amides is 1. The van der Waals surface area contributed by atoms with Crippen LogP contribution in [0.25, 0.3) is 0 Å². The Labute approximate surface area is 145 Å². The molecule has 25 heavy (non-hydrogen) atoms. The van der Waals surface area contributed by atoms with E-state index in [1.165, 1.54) is 24.3 Å². The normalized spacial score (nSPS) is 17.8. The highest BCUT2D eigenvalue weighted by atomic mass is 32.2. The van der Waals surface area contributed by atoms with Crippen LogP contribution in [0.4, 0.5) is 6.01 Å². The number of aromatic nitrogens is 2. The molecule has 1 aliphatic rings. The van der Waals surface area contributed by atoms with Crippen molar-refractivity contribution < 1.29 is 22.4 Å². The number of sulfone groups is 1. The second kappa shape index (κ2) is 6.93. The summed E-state index contributed by atoms with van der Waals surface area (Å²) in [7, 11) is -3.37. The number of nitrogens with one attached hydrogen (secondary N) is 1. The fraction of sp³-hybridized carbons (Fsp3) is 0.438. The molecule has 1 amide bonds. The molecule has 1 saturated heterocycles. The van der Waals surface area contributed by atoms with Crippen LogP contribution in [0.2, 0.25) is 0 Å². The van der Waals surface area contributed by atoms with E-state index in [9.17, 15) is 13.2 Å². The maximum absolute atomic E-state index is 12.2. The number of nitrogens with zero attached hydrogens (tertiary/aromatic N) is 2. The van der Waals surface area contributed by atoms with Gasteiger partial charge in [-0.15, -0.1) is 5.10 Å². The predicted octanol–water partition coefficient (Wildman–Crippen LogP) is 2.36. The lowest BCUT2D eigenvalue weighted by Gasteiger charge is -2.08. The van der Waals surface area contributed by atoms with Crippen molar-refractivity contribution >= 4 is 21.8 Å². The van der Waals surface area contributed by atoms with Crippen LogP contribution in [0.1, 0.15) is 49.0 Å². The number of carbonyl (C=O) groups excluding carboxylic acids is 1. The zero-order chi connectivity index (χ0) is 18.0. The van der Waals surface area contributed by atoms with Crippen molar-refractivity contribution in [3.05, 3.63) is 35.7 Å². The molecule has 1 atom stereocenters. The van der Waals surface area contributed by atoms with Gasteiger partial charge in [0.15, 0.2) is 9.84 Å². The van der Waals surface area contributed by atoms with Crippen LogP contribution in [-0.4, -0.2) is 36.4 Å². The Hall–Kier alpha value is -2.26. The molecule has 3 rings (SSSR count). The standard InChI is InChI=1S/C16H19N3O5S/c1-10(2)25(21,22)12-7-5-11(6-8-12)14(20)17-16-19-18-15(24-16)13-4-3-9-23-13/h5-8,10,13H,3-4,9H2,1-2H3,(H,17,19,20).